The molecule has 0 bridgehead atoms. The van der Waals surface area contributed by atoms with Gasteiger partial charge in [0.25, 0.3) is 0 Å². The summed E-state index contributed by atoms with van der Waals surface area (Å²) in [7, 11) is 0. The lowest BCUT2D eigenvalue weighted by molar-refractivity contribution is -0.117. The van der Waals surface area contributed by atoms with Crippen molar-refractivity contribution in [3.05, 3.63) is 29.8 Å². The van der Waals surface area contributed by atoms with Crippen molar-refractivity contribution in [2.75, 3.05) is 24.5 Å². The van der Waals surface area contributed by atoms with Crippen LogP contribution in [0.4, 0.5) is 5.69 Å². The summed E-state index contributed by atoms with van der Waals surface area (Å²) in [5.74, 6) is 0.175. The van der Waals surface area contributed by atoms with Crippen LogP contribution in [0.25, 0.3) is 0 Å². The lowest BCUT2D eigenvalue weighted by Crippen LogP contribution is -2.29. The maximum Gasteiger partial charge on any atom is 0.227 e. The van der Waals surface area contributed by atoms with Crippen LogP contribution in [0.5, 0.6) is 0 Å². The Morgan fingerprint density at radius 2 is 2.33 bits per heavy atom. The summed E-state index contributed by atoms with van der Waals surface area (Å²) in [4.78, 5) is 14.0. The Morgan fingerprint density at radius 3 is 3.06 bits per heavy atom. The lowest BCUT2D eigenvalue weighted by atomic mass is 9.86. The maximum absolute atomic E-state index is 12.2. The molecule has 2 aliphatic rings. The smallest absolute Gasteiger partial charge is 0.227 e. The van der Waals surface area contributed by atoms with E-state index >= 15 is 0 Å². The van der Waals surface area contributed by atoms with E-state index in [4.69, 9.17) is 5.26 Å². The monoisotopic (exact) mass is 241 g/mol. The van der Waals surface area contributed by atoms with E-state index in [0.717, 1.165) is 31.7 Å². The lowest BCUT2D eigenvalue weighted by Gasteiger charge is -2.22. The third kappa shape index (κ3) is 1.77. The van der Waals surface area contributed by atoms with E-state index in [1.165, 1.54) is 0 Å². The van der Waals surface area contributed by atoms with E-state index in [2.05, 4.69) is 11.4 Å². The van der Waals surface area contributed by atoms with Gasteiger partial charge in [0, 0.05) is 30.6 Å². The van der Waals surface area contributed by atoms with Gasteiger partial charge in [0.05, 0.1) is 11.6 Å². The fourth-order valence-corrected chi connectivity index (χ4v) is 2.96. The predicted octanol–water partition coefficient (Wildman–Crippen LogP) is 1.27. The van der Waals surface area contributed by atoms with E-state index < -0.39 is 0 Å². The Balaban J connectivity index is 1.88. The van der Waals surface area contributed by atoms with Crippen molar-refractivity contribution in [3.63, 3.8) is 0 Å². The molecule has 18 heavy (non-hydrogen) atoms. The van der Waals surface area contributed by atoms with Gasteiger partial charge in [-0.05, 0) is 31.2 Å². The number of hydrogen-bond donors (Lipinski definition) is 1. The fourth-order valence-electron chi connectivity index (χ4n) is 2.96. The highest BCUT2D eigenvalue weighted by Gasteiger charge is 2.45. The van der Waals surface area contributed by atoms with Gasteiger partial charge in [-0.2, -0.15) is 5.26 Å². The number of rotatable bonds is 1. The van der Waals surface area contributed by atoms with Gasteiger partial charge in [0.1, 0.15) is 0 Å². The summed E-state index contributed by atoms with van der Waals surface area (Å²) in [5.41, 5.74) is 1.56. The minimum absolute atomic E-state index is 0.111. The van der Waals surface area contributed by atoms with E-state index in [-0.39, 0.29) is 11.3 Å². The predicted molar refractivity (Wildman–Crippen MR) is 68.0 cm³/mol. The number of carbonyl (C=O) groups excluding carboxylic acids is 1. The van der Waals surface area contributed by atoms with Crippen LogP contribution in [0.3, 0.4) is 0 Å². The Kier molecular flexibility index (Phi) is 2.57. The molecule has 4 heteroatoms. The Morgan fingerprint density at radius 1 is 1.44 bits per heavy atom. The third-order valence-corrected chi connectivity index (χ3v) is 3.94. The number of anilines is 1. The van der Waals surface area contributed by atoms with Crippen molar-refractivity contribution in [1.29, 1.82) is 5.26 Å². The first-order chi connectivity index (χ1) is 8.72. The Bertz CT molecular complexity index is 526. The topological polar surface area (TPSA) is 56.1 Å². The normalized spacial score (nSPS) is 26.8. The minimum atomic E-state index is 0.111. The number of nitrogens with zero attached hydrogens (tertiary/aromatic N) is 2. The number of hydrogen-bond acceptors (Lipinski definition) is 3. The zero-order valence-electron chi connectivity index (χ0n) is 10.1. The van der Waals surface area contributed by atoms with Crippen LogP contribution < -0.4 is 10.2 Å². The molecule has 1 spiro atoms. The molecule has 2 heterocycles. The quantitative estimate of drug-likeness (QED) is 0.805. The first-order valence-electron chi connectivity index (χ1n) is 6.24. The summed E-state index contributed by atoms with van der Waals surface area (Å²) in [6.07, 6.45) is 1.68. The highest BCUT2D eigenvalue weighted by atomic mass is 16.2. The minimum Gasteiger partial charge on any atom is -0.316 e. The van der Waals surface area contributed by atoms with Gasteiger partial charge in [-0.1, -0.05) is 6.07 Å². The van der Waals surface area contributed by atoms with Gasteiger partial charge in [0.2, 0.25) is 5.91 Å². The van der Waals surface area contributed by atoms with Crippen molar-refractivity contribution in [1.82, 2.24) is 5.32 Å². The Hall–Kier alpha value is -1.86. The molecule has 2 saturated heterocycles. The molecule has 1 N–H and O–H groups in total. The number of amides is 1. The van der Waals surface area contributed by atoms with Gasteiger partial charge < -0.3 is 10.2 Å². The molecule has 0 aromatic heterocycles. The number of nitrogens with one attached hydrogen (secondary N) is 1. The van der Waals surface area contributed by atoms with Gasteiger partial charge in [0.15, 0.2) is 0 Å². The molecule has 1 amide bonds. The summed E-state index contributed by atoms with van der Waals surface area (Å²) in [6, 6.07) is 9.40. The average Bonchev–Trinajstić information content (AvgIpc) is 2.97. The number of benzene rings is 1. The maximum atomic E-state index is 12.2. The molecule has 2 aliphatic heterocycles. The van der Waals surface area contributed by atoms with Crippen molar-refractivity contribution in [2.45, 2.75) is 12.8 Å². The van der Waals surface area contributed by atoms with Crippen LogP contribution in [0.2, 0.25) is 0 Å². The van der Waals surface area contributed by atoms with Crippen molar-refractivity contribution < 1.29 is 4.79 Å². The van der Waals surface area contributed by atoms with Gasteiger partial charge in [-0.25, -0.2) is 0 Å². The van der Waals surface area contributed by atoms with Crippen molar-refractivity contribution in [2.24, 2.45) is 5.41 Å². The molecular weight excluding hydrogens is 226 g/mol. The molecule has 0 radical (unpaired) electrons. The molecule has 1 aromatic carbocycles. The molecule has 2 fully saturated rings. The largest absolute Gasteiger partial charge is 0.316 e. The first kappa shape index (κ1) is 11.2. The number of carbonyl (C=O) groups is 1. The molecule has 1 aromatic rings. The van der Waals surface area contributed by atoms with Crippen LogP contribution in [0, 0.1) is 16.7 Å². The summed E-state index contributed by atoms with van der Waals surface area (Å²) < 4.78 is 0. The first-order valence-corrected chi connectivity index (χ1v) is 6.24. The van der Waals surface area contributed by atoms with Crippen LogP contribution in [-0.4, -0.2) is 25.5 Å². The standard InChI is InChI=1S/C14H15N3O/c15-8-11-2-1-3-12(6-11)17-10-14(7-13(17)18)4-5-16-9-14/h1-3,6,16H,4-5,7,9-10H2/t14-/m1/s1. The van der Waals surface area contributed by atoms with Crippen molar-refractivity contribution >= 4 is 11.6 Å². The molecule has 3 rings (SSSR count). The summed E-state index contributed by atoms with van der Waals surface area (Å²) in [5, 5.41) is 12.3. The average molecular weight is 241 g/mol. The molecule has 4 nitrogen and oxygen atoms in total. The highest BCUT2D eigenvalue weighted by molar-refractivity contribution is 5.96. The van der Waals surface area contributed by atoms with Crippen LogP contribution in [0.1, 0.15) is 18.4 Å². The molecule has 1 atom stereocenters. The second kappa shape index (κ2) is 4.11. The third-order valence-electron chi connectivity index (χ3n) is 3.94. The van der Waals surface area contributed by atoms with Crippen LogP contribution in [0.15, 0.2) is 24.3 Å². The van der Waals surface area contributed by atoms with Gasteiger partial charge in [-0.15, -0.1) is 0 Å². The zero-order chi connectivity index (χ0) is 12.6. The summed E-state index contributed by atoms with van der Waals surface area (Å²) in [6.45, 7) is 2.69. The SMILES string of the molecule is N#Cc1cccc(N2C[C@]3(CCNC3)CC2=O)c1. The molecule has 0 aliphatic carbocycles. The zero-order valence-corrected chi connectivity index (χ0v) is 10.1. The molecular formula is C14H15N3O. The van der Waals surface area contributed by atoms with E-state index in [9.17, 15) is 4.79 Å². The number of nitriles is 1. The highest BCUT2D eigenvalue weighted by Crippen LogP contribution is 2.39. The molecule has 0 saturated carbocycles. The van der Waals surface area contributed by atoms with E-state index in [1.54, 1.807) is 12.1 Å². The van der Waals surface area contributed by atoms with Crippen molar-refractivity contribution in [3.8, 4) is 6.07 Å². The van der Waals surface area contributed by atoms with E-state index in [1.807, 2.05) is 17.0 Å². The van der Waals surface area contributed by atoms with Crippen LogP contribution >= 0.6 is 0 Å². The Labute approximate surface area is 106 Å². The fraction of sp³-hybridized carbons (Fsp3) is 0.429. The van der Waals surface area contributed by atoms with Gasteiger partial charge >= 0.3 is 0 Å². The molecule has 92 valence electrons. The molecule has 0 unspecified atom stereocenters. The van der Waals surface area contributed by atoms with Gasteiger partial charge in [-0.3, -0.25) is 4.79 Å². The second-order valence-electron chi connectivity index (χ2n) is 5.25. The summed E-state index contributed by atoms with van der Waals surface area (Å²) >= 11 is 0. The van der Waals surface area contributed by atoms with E-state index in [0.29, 0.717) is 12.0 Å². The van der Waals surface area contributed by atoms with Crippen LogP contribution in [-0.2, 0) is 4.79 Å². The second-order valence-corrected chi connectivity index (χ2v) is 5.25.